The van der Waals surface area contributed by atoms with Crippen LogP contribution in [0, 0.1) is 10.1 Å². The van der Waals surface area contributed by atoms with Gasteiger partial charge < -0.3 is 14.0 Å². The molecule has 0 N–H and O–H groups in total. The van der Waals surface area contributed by atoms with Gasteiger partial charge in [-0.3, -0.25) is 10.1 Å². The third-order valence-corrected chi connectivity index (χ3v) is 8.02. The lowest BCUT2D eigenvalue weighted by Crippen LogP contribution is -2.17. The minimum atomic E-state index is -0.389. The Labute approximate surface area is 218 Å². The van der Waals surface area contributed by atoms with Gasteiger partial charge in [-0.1, -0.05) is 61.7 Å². The molecule has 0 unspecified atom stereocenters. The van der Waals surface area contributed by atoms with Crippen LogP contribution in [-0.2, 0) is 6.54 Å². The van der Waals surface area contributed by atoms with E-state index in [0.717, 1.165) is 28.3 Å². The topological polar surface area (TPSA) is 78.9 Å². The van der Waals surface area contributed by atoms with E-state index in [1.807, 2.05) is 18.2 Å². The first kappa shape index (κ1) is 23.5. The van der Waals surface area contributed by atoms with Gasteiger partial charge in [-0.2, -0.15) is 0 Å². The van der Waals surface area contributed by atoms with Crippen molar-refractivity contribution < 1.29 is 14.4 Å². The van der Waals surface area contributed by atoms with E-state index in [1.165, 1.54) is 55.1 Å². The number of para-hydroxylation sites is 2. The summed E-state index contributed by atoms with van der Waals surface area (Å²) < 4.78 is 13.2. The van der Waals surface area contributed by atoms with Crippen LogP contribution in [0.4, 0.5) is 11.4 Å². The molecule has 1 fully saturated rings. The summed E-state index contributed by atoms with van der Waals surface area (Å²) in [5, 5.41) is 13.7. The first-order valence-electron chi connectivity index (χ1n) is 12.6. The molecule has 4 aromatic rings. The zero-order chi connectivity index (χ0) is 25.2. The van der Waals surface area contributed by atoms with Crippen LogP contribution in [0.25, 0.3) is 11.3 Å². The highest BCUT2D eigenvalue weighted by molar-refractivity contribution is 7.07. The van der Waals surface area contributed by atoms with Crippen LogP contribution in [0.15, 0.2) is 77.1 Å². The molecule has 2 heterocycles. The van der Waals surface area contributed by atoms with Crippen molar-refractivity contribution in [3.8, 4) is 22.8 Å². The van der Waals surface area contributed by atoms with Crippen LogP contribution in [0.1, 0.15) is 49.1 Å². The quantitative estimate of drug-likeness (QED) is 0.202. The van der Waals surface area contributed by atoms with Crippen molar-refractivity contribution in [3.05, 3.63) is 98.2 Å². The summed E-state index contributed by atoms with van der Waals surface area (Å²) in [6.45, 7) is 0.764. The van der Waals surface area contributed by atoms with E-state index in [-0.39, 0.29) is 17.4 Å². The van der Waals surface area contributed by atoms with Crippen molar-refractivity contribution >= 4 is 22.7 Å². The SMILES string of the molecule is O=[N+]([O-])c1ccccc1N=c1scc(-c2ccc(C3CCCCC3)cc2)n1Cc1ccc2c(c1)OCO2. The average molecular weight is 514 g/mol. The molecule has 1 aliphatic heterocycles. The van der Waals surface area contributed by atoms with Crippen molar-refractivity contribution in [2.24, 2.45) is 4.99 Å². The van der Waals surface area contributed by atoms with Crippen molar-refractivity contribution in [3.63, 3.8) is 0 Å². The van der Waals surface area contributed by atoms with Gasteiger partial charge in [-0.05, 0) is 53.6 Å². The maximum atomic E-state index is 11.6. The Kier molecular flexibility index (Phi) is 6.49. The lowest BCUT2D eigenvalue weighted by molar-refractivity contribution is -0.384. The molecule has 1 aliphatic carbocycles. The van der Waals surface area contributed by atoms with Gasteiger partial charge in [0, 0.05) is 11.4 Å². The van der Waals surface area contributed by atoms with Crippen molar-refractivity contribution in [1.82, 2.24) is 4.57 Å². The van der Waals surface area contributed by atoms with Crippen LogP contribution in [0.5, 0.6) is 11.5 Å². The first-order valence-corrected chi connectivity index (χ1v) is 13.5. The summed E-state index contributed by atoms with van der Waals surface area (Å²) in [5.41, 5.74) is 4.89. The summed E-state index contributed by atoms with van der Waals surface area (Å²) in [4.78, 5) is 16.7. The van der Waals surface area contributed by atoms with E-state index in [9.17, 15) is 10.1 Å². The maximum Gasteiger partial charge on any atom is 0.294 e. The van der Waals surface area contributed by atoms with Gasteiger partial charge in [0.05, 0.1) is 17.2 Å². The summed E-state index contributed by atoms with van der Waals surface area (Å²) in [6, 6.07) is 21.4. The summed E-state index contributed by atoms with van der Waals surface area (Å²) in [7, 11) is 0. The predicted molar refractivity (Wildman–Crippen MR) is 144 cm³/mol. The van der Waals surface area contributed by atoms with Crippen LogP contribution in [-0.4, -0.2) is 16.3 Å². The molecule has 188 valence electrons. The standard InChI is InChI=1S/C29H27N3O4S/c33-32(34)25-9-5-4-8-24(25)30-29-31(17-20-10-15-27-28(16-20)36-19-35-27)26(18-37-29)23-13-11-22(12-14-23)21-6-2-1-3-7-21/h4-5,8-16,18,21H,1-3,6-7,17,19H2. The fourth-order valence-electron chi connectivity index (χ4n) is 5.20. The summed E-state index contributed by atoms with van der Waals surface area (Å²) in [6.07, 6.45) is 6.49. The Morgan fingerprint density at radius 3 is 2.57 bits per heavy atom. The van der Waals surface area contributed by atoms with Gasteiger partial charge in [0.15, 0.2) is 16.3 Å². The molecule has 0 spiro atoms. The van der Waals surface area contributed by atoms with Crippen LogP contribution in [0.2, 0.25) is 0 Å². The van der Waals surface area contributed by atoms with Gasteiger partial charge in [-0.25, -0.2) is 4.99 Å². The smallest absolute Gasteiger partial charge is 0.294 e. The molecule has 3 aromatic carbocycles. The lowest BCUT2D eigenvalue weighted by atomic mass is 9.84. The average Bonchev–Trinajstić information content (AvgIpc) is 3.56. The number of thiazole rings is 1. The number of ether oxygens (including phenoxy) is 2. The fraction of sp³-hybridized carbons (Fsp3) is 0.276. The third kappa shape index (κ3) is 4.89. The normalized spacial score (nSPS) is 15.7. The molecule has 0 saturated heterocycles. The van der Waals surface area contributed by atoms with Crippen LogP contribution in [0.3, 0.4) is 0 Å². The molecule has 37 heavy (non-hydrogen) atoms. The van der Waals surface area contributed by atoms with Crippen molar-refractivity contribution in [1.29, 1.82) is 0 Å². The lowest BCUT2D eigenvalue weighted by Gasteiger charge is -2.22. The molecule has 0 radical (unpaired) electrons. The zero-order valence-corrected chi connectivity index (χ0v) is 21.2. The van der Waals surface area contributed by atoms with E-state index in [2.05, 4.69) is 34.2 Å². The van der Waals surface area contributed by atoms with Crippen LogP contribution >= 0.6 is 11.3 Å². The molecule has 7 nitrogen and oxygen atoms in total. The number of nitro groups is 1. The second-order valence-corrected chi connectivity index (χ2v) is 10.3. The van der Waals surface area contributed by atoms with E-state index in [4.69, 9.17) is 14.5 Å². The highest BCUT2D eigenvalue weighted by Crippen LogP contribution is 2.35. The van der Waals surface area contributed by atoms with Crippen LogP contribution < -0.4 is 14.3 Å². The largest absolute Gasteiger partial charge is 0.454 e. The number of aromatic nitrogens is 1. The zero-order valence-electron chi connectivity index (χ0n) is 20.3. The van der Waals surface area contributed by atoms with Crippen molar-refractivity contribution in [2.75, 3.05) is 6.79 Å². The molecular formula is C29H27N3O4S. The molecule has 0 bridgehead atoms. The highest BCUT2D eigenvalue weighted by atomic mass is 32.1. The second kappa shape index (κ2) is 10.2. The summed E-state index contributed by atoms with van der Waals surface area (Å²) >= 11 is 1.48. The Morgan fingerprint density at radius 2 is 1.76 bits per heavy atom. The van der Waals surface area contributed by atoms with Gasteiger partial charge in [-0.15, -0.1) is 11.3 Å². The van der Waals surface area contributed by atoms with Gasteiger partial charge in [0.25, 0.3) is 5.69 Å². The summed E-state index contributed by atoms with van der Waals surface area (Å²) in [5.74, 6) is 2.11. The van der Waals surface area contributed by atoms with Gasteiger partial charge in [0.1, 0.15) is 5.69 Å². The molecule has 1 aromatic heterocycles. The number of nitro benzene ring substituents is 1. The van der Waals surface area contributed by atoms with Gasteiger partial charge >= 0.3 is 0 Å². The minimum absolute atomic E-state index is 0.0103. The molecule has 6 rings (SSSR count). The molecule has 0 atom stereocenters. The number of hydrogen-bond donors (Lipinski definition) is 0. The van der Waals surface area contributed by atoms with E-state index in [0.29, 0.717) is 23.0 Å². The Hall–Kier alpha value is -3.91. The number of rotatable bonds is 6. The second-order valence-electron chi connectivity index (χ2n) is 9.49. The monoisotopic (exact) mass is 513 g/mol. The van der Waals surface area contributed by atoms with E-state index < -0.39 is 0 Å². The minimum Gasteiger partial charge on any atom is -0.454 e. The van der Waals surface area contributed by atoms with E-state index in [1.54, 1.807) is 18.2 Å². The van der Waals surface area contributed by atoms with Gasteiger partial charge in [0.2, 0.25) is 6.79 Å². The Morgan fingerprint density at radius 1 is 0.973 bits per heavy atom. The molecule has 0 amide bonds. The Bertz CT molecular complexity index is 1500. The molecular weight excluding hydrogens is 486 g/mol. The van der Waals surface area contributed by atoms with Crippen molar-refractivity contribution in [2.45, 2.75) is 44.6 Å². The molecule has 8 heteroatoms. The Balaban J connectivity index is 1.42. The maximum absolute atomic E-state index is 11.6. The molecule has 1 saturated carbocycles. The third-order valence-electron chi connectivity index (χ3n) is 7.15. The number of nitrogens with zero attached hydrogens (tertiary/aromatic N) is 3. The predicted octanol–water partition coefficient (Wildman–Crippen LogP) is 7.18. The van der Waals surface area contributed by atoms with E-state index >= 15 is 0 Å². The number of fused-ring (bicyclic) bond motifs is 1. The number of hydrogen-bond acceptors (Lipinski definition) is 6. The number of benzene rings is 3. The first-order chi connectivity index (χ1) is 18.2. The highest BCUT2D eigenvalue weighted by Gasteiger charge is 2.18. The molecule has 2 aliphatic rings. The fourth-order valence-corrected chi connectivity index (χ4v) is 6.12.